The Kier molecular flexibility index (Phi) is 5.94. The van der Waals surface area contributed by atoms with Crippen LogP contribution in [0.15, 0.2) is 42.7 Å². The number of carbonyl (C=O) groups excluding carboxylic acids is 2. The second-order valence-corrected chi connectivity index (χ2v) is 6.31. The molecular weight excluding hydrogens is 387 g/mol. The van der Waals surface area contributed by atoms with Crippen molar-refractivity contribution in [3.8, 4) is 5.75 Å². The van der Waals surface area contributed by atoms with Crippen molar-refractivity contribution in [3.05, 3.63) is 58.9 Å². The number of amides is 2. The molecular formula is C17H15ClF3N3O3. The molecule has 6 nitrogen and oxygen atoms in total. The molecule has 2 amide bonds. The third kappa shape index (κ3) is 5.33. The van der Waals surface area contributed by atoms with Crippen molar-refractivity contribution in [2.75, 3.05) is 0 Å². The molecule has 1 heterocycles. The average Bonchev–Trinajstić information content (AvgIpc) is 2.59. The Bertz CT molecular complexity index is 839. The molecule has 0 radical (unpaired) electrons. The van der Waals surface area contributed by atoms with Gasteiger partial charge >= 0.3 is 6.18 Å². The van der Waals surface area contributed by atoms with E-state index in [1.165, 1.54) is 32.3 Å². The largest absolute Gasteiger partial charge is 0.478 e. The van der Waals surface area contributed by atoms with Gasteiger partial charge in [-0.05, 0) is 44.2 Å². The molecule has 0 unspecified atom stereocenters. The van der Waals surface area contributed by atoms with Gasteiger partial charge in [-0.3, -0.25) is 25.4 Å². The molecule has 2 rings (SSSR count). The lowest BCUT2D eigenvalue weighted by Gasteiger charge is -2.25. The van der Waals surface area contributed by atoms with Crippen LogP contribution in [0.4, 0.5) is 13.2 Å². The quantitative estimate of drug-likeness (QED) is 0.770. The van der Waals surface area contributed by atoms with E-state index in [2.05, 4.69) is 15.8 Å². The van der Waals surface area contributed by atoms with Gasteiger partial charge in [0.25, 0.3) is 11.8 Å². The van der Waals surface area contributed by atoms with Crippen LogP contribution < -0.4 is 15.6 Å². The number of aromatic nitrogens is 1. The normalized spacial score (nSPS) is 11.6. The lowest BCUT2D eigenvalue weighted by Crippen LogP contribution is -2.53. The molecule has 2 aromatic rings. The van der Waals surface area contributed by atoms with Gasteiger partial charge < -0.3 is 4.74 Å². The van der Waals surface area contributed by atoms with Crippen LogP contribution in [0, 0.1) is 0 Å². The van der Waals surface area contributed by atoms with E-state index in [0.717, 1.165) is 24.3 Å². The first-order chi connectivity index (χ1) is 12.5. The summed E-state index contributed by atoms with van der Waals surface area (Å²) in [5.41, 5.74) is 2.16. The molecule has 0 spiro atoms. The summed E-state index contributed by atoms with van der Waals surface area (Å²) in [6, 6.07) is 5.26. The number of alkyl halides is 3. The zero-order valence-electron chi connectivity index (χ0n) is 14.2. The van der Waals surface area contributed by atoms with Crippen molar-refractivity contribution >= 4 is 23.4 Å². The van der Waals surface area contributed by atoms with Gasteiger partial charge in [-0.2, -0.15) is 13.2 Å². The van der Waals surface area contributed by atoms with Crippen molar-refractivity contribution in [3.63, 3.8) is 0 Å². The summed E-state index contributed by atoms with van der Waals surface area (Å²) >= 11 is 5.84. The Labute approximate surface area is 157 Å². The Morgan fingerprint density at radius 2 is 1.70 bits per heavy atom. The van der Waals surface area contributed by atoms with E-state index in [1.807, 2.05) is 0 Å². The number of benzene rings is 1. The maximum atomic E-state index is 12.6. The summed E-state index contributed by atoms with van der Waals surface area (Å²) in [7, 11) is 0. The minimum atomic E-state index is -4.47. The first kappa shape index (κ1) is 20.5. The topological polar surface area (TPSA) is 80.3 Å². The number of nitrogens with one attached hydrogen (secondary N) is 2. The summed E-state index contributed by atoms with van der Waals surface area (Å²) in [5, 5.41) is 0.101. The average molecular weight is 402 g/mol. The maximum Gasteiger partial charge on any atom is 0.416 e. The molecule has 1 aromatic carbocycles. The van der Waals surface area contributed by atoms with Crippen molar-refractivity contribution in [2.24, 2.45) is 0 Å². The highest BCUT2D eigenvalue weighted by atomic mass is 35.5. The lowest BCUT2D eigenvalue weighted by molar-refractivity contribution is -0.138. The van der Waals surface area contributed by atoms with E-state index in [1.54, 1.807) is 0 Å². The highest BCUT2D eigenvalue weighted by Crippen LogP contribution is 2.31. The van der Waals surface area contributed by atoms with Crippen molar-refractivity contribution in [1.82, 2.24) is 15.8 Å². The van der Waals surface area contributed by atoms with Gasteiger partial charge in [-0.1, -0.05) is 11.6 Å². The molecule has 0 fully saturated rings. The van der Waals surface area contributed by atoms with Gasteiger partial charge in [-0.15, -0.1) is 0 Å². The molecule has 144 valence electrons. The summed E-state index contributed by atoms with van der Waals surface area (Å²) in [6.45, 7) is 2.79. The molecule has 10 heteroatoms. The molecule has 1 aromatic heterocycles. The molecule has 0 bridgehead atoms. The zero-order valence-corrected chi connectivity index (χ0v) is 15.0. The number of ether oxygens (including phenoxy) is 1. The van der Waals surface area contributed by atoms with Crippen LogP contribution >= 0.6 is 11.6 Å². The van der Waals surface area contributed by atoms with Crippen LogP contribution in [-0.2, 0) is 11.0 Å². The molecule has 0 aliphatic rings. The number of hydrazine groups is 1. The Balaban J connectivity index is 1.98. The third-order valence-corrected chi connectivity index (χ3v) is 3.71. The second-order valence-electron chi connectivity index (χ2n) is 5.90. The third-order valence-electron chi connectivity index (χ3n) is 3.41. The molecule has 0 saturated heterocycles. The smallest absolute Gasteiger partial charge is 0.416 e. The van der Waals surface area contributed by atoms with Crippen LogP contribution in [-0.4, -0.2) is 22.4 Å². The Morgan fingerprint density at radius 1 is 1.07 bits per heavy atom. The SMILES string of the molecule is CC(C)(Oc1ccc(C(F)(F)F)cc1)C(=O)NNC(=O)c1ccncc1Cl. The molecule has 2 N–H and O–H groups in total. The first-order valence-corrected chi connectivity index (χ1v) is 7.95. The summed E-state index contributed by atoms with van der Waals surface area (Å²) in [6.07, 6.45) is -1.83. The summed E-state index contributed by atoms with van der Waals surface area (Å²) in [4.78, 5) is 28.0. The van der Waals surface area contributed by atoms with Crippen LogP contribution in [0.5, 0.6) is 5.75 Å². The fraction of sp³-hybridized carbons (Fsp3) is 0.235. The predicted octanol–water partition coefficient (Wildman–Crippen LogP) is 3.37. The fourth-order valence-corrected chi connectivity index (χ4v) is 2.15. The number of hydrogen-bond acceptors (Lipinski definition) is 4. The van der Waals surface area contributed by atoms with Crippen LogP contribution in [0.25, 0.3) is 0 Å². The monoisotopic (exact) mass is 401 g/mol. The molecule has 27 heavy (non-hydrogen) atoms. The number of hydrogen-bond donors (Lipinski definition) is 2. The molecule has 0 aliphatic carbocycles. The standard InChI is InChI=1S/C17H15ClF3N3O3/c1-16(2,27-11-5-3-10(4-6-11)17(19,20)21)15(26)24-23-14(25)12-7-8-22-9-13(12)18/h3-9H,1-2H3,(H,23,25)(H,24,26). The van der Waals surface area contributed by atoms with Crippen molar-refractivity contribution < 1.29 is 27.5 Å². The molecule has 0 atom stereocenters. The van der Waals surface area contributed by atoms with Crippen molar-refractivity contribution in [2.45, 2.75) is 25.6 Å². The van der Waals surface area contributed by atoms with E-state index in [0.29, 0.717) is 0 Å². The summed E-state index contributed by atoms with van der Waals surface area (Å²) in [5.74, 6) is -1.33. The van der Waals surface area contributed by atoms with E-state index in [9.17, 15) is 22.8 Å². The second kappa shape index (κ2) is 7.83. The predicted molar refractivity (Wildman–Crippen MR) is 91.0 cm³/mol. The van der Waals surface area contributed by atoms with E-state index in [4.69, 9.17) is 16.3 Å². The number of rotatable bonds is 4. The van der Waals surface area contributed by atoms with E-state index < -0.39 is 29.2 Å². The van der Waals surface area contributed by atoms with Gasteiger partial charge in [0.15, 0.2) is 5.60 Å². The lowest BCUT2D eigenvalue weighted by atomic mass is 10.1. The number of halogens is 4. The van der Waals surface area contributed by atoms with Crippen LogP contribution in [0.2, 0.25) is 5.02 Å². The van der Waals surface area contributed by atoms with Gasteiger partial charge in [0, 0.05) is 12.4 Å². The number of pyridine rings is 1. The summed E-state index contributed by atoms with van der Waals surface area (Å²) < 4.78 is 43.1. The van der Waals surface area contributed by atoms with Gasteiger partial charge in [0.1, 0.15) is 5.75 Å². The zero-order chi connectivity index (χ0) is 20.2. The minimum Gasteiger partial charge on any atom is -0.478 e. The van der Waals surface area contributed by atoms with Gasteiger partial charge in [-0.25, -0.2) is 0 Å². The highest BCUT2D eigenvalue weighted by Gasteiger charge is 2.32. The fourth-order valence-electron chi connectivity index (χ4n) is 1.94. The number of carbonyl (C=O) groups is 2. The highest BCUT2D eigenvalue weighted by molar-refractivity contribution is 6.33. The van der Waals surface area contributed by atoms with Gasteiger partial charge in [0.05, 0.1) is 16.1 Å². The molecule has 0 saturated carbocycles. The molecule has 0 aliphatic heterocycles. The van der Waals surface area contributed by atoms with Crippen LogP contribution in [0.3, 0.4) is 0 Å². The Morgan fingerprint density at radius 3 is 2.26 bits per heavy atom. The van der Waals surface area contributed by atoms with Crippen LogP contribution in [0.1, 0.15) is 29.8 Å². The minimum absolute atomic E-state index is 0.0617. The van der Waals surface area contributed by atoms with Gasteiger partial charge in [0.2, 0.25) is 0 Å². The number of nitrogens with zero attached hydrogens (tertiary/aromatic N) is 1. The van der Waals surface area contributed by atoms with Crippen molar-refractivity contribution in [1.29, 1.82) is 0 Å². The van der Waals surface area contributed by atoms with E-state index >= 15 is 0 Å². The first-order valence-electron chi connectivity index (χ1n) is 7.57. The maximum absolute atomic E-state index is 12.6. The Hall–Kier alpha value is -2.81. The van der Waals surface area contributed by atoms with E-state index in [-0.39, 0.29) is 16.3 Å².